The summed E-state index contributed by atoms with van der Waals surface area (Å²) in [6.45, 7) is 0. The zero-order valence-electron chi connectivity index (χ0n) is 26.5. The number of fused-ring (bicyclic) bond motifs is 1. The van der Waals surface area contributed by atoms with E-state index >= 15 is 0 Å². The molecule has 2 heterocycles. The number of rotatable bonds is 11. The Morgan fingerprint density at radius 1 is 0.714 bits per heavy atom. The predicted octanol–water partition coefficient (Wildman–Crippen LogP) is 6.64. The molecule has 0 spiro atoms. The van der Waals surface area contributed by atoms with Gasteiger partial charge in [-0.3, -0.25) is 20.4 Å². The first-order valence-electron chi connectivity index (χ1n) is 15.6. The van der Waals surface area contributed by atoms with Gasteiger partial charge in [-0.1, -0.05) is 103 Å². The van der Waals surface area contributed by atoms with Gasteiger partial charge in [-0.05, 0) is 52.9 Å². The SMILES string of the molecule is COC(=O)[C@H](Cc1ccc(NC(=O)Nc2ncccc2C(=O)O)c2ncccc12)NC(c1ccccc1)(c1ccccc1)c1ccccc1. The Morgan fingerprint density at radius 3 is 1.86 bits per heavy atom. The van der Waals surface area contributed by atoms with Gasteiger partial charge in [0.1, 0.15) is 17.4 Å². The molecular formula is C39H33N5O5. The van der Waals surface area contributed by atoms with Gasteiger partial charge in [0.15, 0.2) is 0 Å². The van der Waals surface area contributed by atoms with Crippen LogP contribution in [0.25, 0.3) is 10.9 Å². The van der Waals surface area contributed by atoms with Crippen LogP contribution in [0.2, 0.25) is 0 Å². The topological polar surface area (TPSA) is 143 Å². The van der Waals surface area contributed by atoms with Gasteiger partial charge in [0.05, 0.1) is 23.9 Å². The van der Waals surface area contributed by atoms with Crippen LogP contribution in [0.15, 0.2) is 140 Å². The number of nitrogens with zero attached hydrogens (tertiary/aromatic N) is 2. The molecule has 49 heavy (non-hydrogen) atoms. The molecule has 2 amide bonds. The summed E-state index contributed by atoms with van der Waals surface area (Å²) in [5.41, 5.74) is 3.41. The molecule has 6 aromatic rings. The smallest absolute Gasteiger partial charge is 0.339 e. The van der Waals surface area contributed by atoms with Gasteiger partial charge in [-0.25, -0.2) is 14.6 Å². The number of urea groups is 1. The van der Waals surface area contributed by atoms with Crippen LogP contribution < -0.4 is 16.0 Å². The van der Waals surface area contributed by atoms with Crippen LogP contribution in [0, 0.1) is 0 Å². The molecule has 10 heteroatoms. The number of nitrogens with one attached hydrogen (secondary N) is 3. The maximum Gasteiger partial charge on any atom is 0.339 e. The second kappa shape index (κ2) is 14.6. The zero-order valence-corrected chi connectivity index (χ0v) is 26.5. The van der Waals surface area contributed by atoms with Crippen LogP contribution in [0.5, 0.6) is 0 Å². The third kappa shape index (κ3) is 6.85. The average molecular weight is 652 g/mol. The number of methoxy groups -OCH3 is 1. The van der Waals surface area contributed by atoms with Gasteiger partial charge >= 0.3 is 18.0 Å². The summed E-state index contributed by atoms with van der Waals surface area (Å²) in [5, 5.41) is 19.2. The minimum atomic E-state index is -1.22. The first kappa shape index (κ1) is 32.5. The highest BCUT2D eigenvalue weighted by Crippen LogP contribution is 2.38. The van der Waals surface area contributed by atoms with Crippen molar-refractivity contribution in [3.05, 3.63) is 168 Å². The Bertz CT molecular complexity index is 2000. The van der Waals surface area contributed by atoms with Gasteiger partial charge in [0.25, 0.3) is 0 Å². The molecule has 10 nitrogen and oxygen atoms in total. The summed E-state index contributed by atoms with van der Waals surface area (Å²) >= 11 is 0. The monoisotopic (exact) mass is 651 g/mol. The number of hydrogen-bond donors (Lipinski definition) is 4. The lowest BCUT2D eigenvalue weighted by molar-refractivity contribution is -0.143. The predicted molar refractivity (Wildman–Crippen MR) is 187 cm³/mol. The second-order valence-corrected chi connectivity index (χ2v) is 11.2. The molecule has 0 aliphatic rings. The van der Waals surface area contributed by atoms with Gasteiger partial charge in [0, 0.05) is 17.8 Å². The maximum absolute atomic E-state index is 13.7. The Morgan fingerprint density at radius 2 is 1.29 bits per heavy atom. The van der Waals surface area contributed by atoms with Crippen molar-refractivity contribution in [2.75, 3.05) is 17.7 Å². The fraction of sp³-hybridized carbons (Fsp3) is 0.103. The number of ether oxygens (including phenoxy) is 1. The van der Waals surface area contributed by atoms with Crippen molar-refractivity contribution >= 4 is 40.4 Å². The summed E-state index contributed by atoms with van der Waals surface area (Å²) in [7, 11) is 1.37. The molecule has 0 unspecified atom stereocenters. The van der Waals surface area contributed by atoms with E-state index < -0.39 is 29.6 Å². The Balaban J connectivity index is 1.38. The van der Waals surface area contributed by atoms with E-state index in [1.54, 1.807) is 18.3 Å². The zero-order chi connectivity index (χ0) is 34.2. The number of amides is 2. The van der Waals surface area contributed by atoms with E-state index in [0.717, 1.165) is 22.3 Å². The van der Waals surface area contributed by atoms with E-state index in [1.165, 1.54) is 25.4 Å². The van der Waals surface area contributed by atoms with Crippen molar-refractivity contribution in [1.29, 1.82) is 0 Å². The minimum Gasteiger partial charge on any atom is -0.478 e. The van der Waals surface area contributed by atoms with E-state index in [1.807, 2.05) is 103 Å². The van der Waals surface area contributed by atoms with Crippen LogP contribution in [-0.4, -0.2) is 46.2 Å². The largest absolute Gasteiger partial charge is 0.478 e. The van der Waals surface area contributed by atoms with Crippen LogP contribution in [0.1, 0.15) is 32.6 Å². The van der Waals surface area contributed by atoms with Crippen molar-refractivity contribution in [3.63, 3.8) is 0 Å². The number of carbonyl (C=O) groups excluding carboxylic acids is 2. The van der Waals surface area contributed by atoms with Gasteiger partial charge < -0.3 is 15.2 Å². The number of anilines is 2. The molecule has 0 fully saturated rings. The van der Waals surface area contributed by atoms with Gasteiger partial charge in [0.2, 0.25) is 0 Å². The quantitative estimate of drug-likeness (QED) is 0.0903. The fourth-order valence-corrected chi connectivity index (χ4v) is 6.08. The lowest BCUT2D eigenvalue weighted by Gasteiger charge is -2.39. The number of aromatic carboxylic acids is 1. The first-order valence-corrected chi connectivity index (χ1v) is 15.6. The number of esters is 1. The summed E-state index contributed by atoms with van der Waals surface area (Å²) in [4.78, 5) is 46.8. The lowest BCUT2D eigenvalue weighted by atomic mass is 9.76. The molecule has 1 atom stereocenters. The molecule has 0 aliphatic heterocycles. The minimum absolute atomic E-state index is 0.0906. The fourth-order valence-electron chi connectivity index (χ4n) is 6.08. The molecule has 4 N–H and O–H groups in total. The number of carboxylic acid groups (broad SMARTS) is 1. The third-order valence-electron chi connectivity index (χ3n) is 8.30. The molecule has 2 aromatic heterocycles. The Kier molecular flexibility index (Phi) is 9.68. The molecule has 0 bridgehead atoms. The van der Waals surface area contributed by atoms with E-state index in [4.69, 9.17) is 4.74 Å². The summed E-state index contributed by atoms with van der Waals surface area (Å²) in [6.07, 6.45) is 3.23. The van der Waals surface area contributed by atoms with Crippen molar-refractivity contribution in [1.82, 2.24) is 15.3 Å². The highest BCUT2D eigenvalue weighted by molar-refractivity contribution is 6.07. The molecular weight excluding hydrogens is 618 g/mol. The first-order chi connectivity index (χ1) is 23.9. The normalized spacial score (nSPS) is 11.8. The van der Waals surface area contributed by atoms with Crippen molar-refractivity contribution in [2.24, 2.45) is 0 Å². The standard InChI is InChI=1S/C39H33N5O5/c1-49-37(47)33(44-39(27-13-5-2-6-14-27,28-15-7-3-8-16-28)29-17-9-4-10-18-29)25-26-21-22-32(34-30(26)19-11-23-40-34)42-38(48)43-35-31(36(45)46)20-12-24-41-35/h2-24,33,44H,25H2,1H3,(H,45,46)(H2,41,42,43,48)/t33-/m0/s1. The van der Waals surface area contributed by atoms with Gasteiger partial charge in [-0.15, -0.1) is 0 Å². The molecule has 4 aromatic carbocycles. The van der Waals surface area contributed by atoms with E-state index in [2.05, 4.69) is 25.9 Å². The summed E-state index contributed by atoms with van der Waals surface area (Å²) in [5.74, 6) is -1.76. The van der Waals surface area contributed by atoms with Crippen LogP contribution in [-0.2, 0) is 21.5 Å². The van der Waals surface area contributed by atoms with E-state index in [9.17, 15) is 19.5 Å². The van der Waals surface area contributed by atoms with Crippen molar-refractivity contribution in [2.45, 2.75) is 18.0 Å². The Labute approximate surface area is 282 Å². The second-order valence-electron chi connectivity index (χ2n) is 11.2. The molecule has 0 aliphatic carbocycles. The molecule has 0 radical (unpaired) electrons. The third-order valence-corrected chi connectivity index (χ3v) is 8.30. The molecule has 0 saturated heterocycles. The van der Waals surface area contributed by atoms with Crippen molar-refractivity contribution < 1.29 is 24.2 Å². The maximum atomic E-state index is 13.7. The van der Waals surface area contributed by atoms with E-state index in [-0.39, 0.29) is 17.8 Å². The molecule has 244 valence electrons. The van der Waals surface area contributed by atoms with Gasteiger partial charge in [-0.2, -0.15) is 0 Å². The molecule has 0 saturated carbocycles. The van der Waals surface area contributed by atoms with E-state index in [0.29, 0.717) is 16.6 Å². The number of pyridine rings is 2. The highest BCUT2D eigenvalue weighted by Gasteiger charge is 2.40. The van der Waals surface area contributed by atoms with Crippen molar-refractivity contribution in [3.8, 4) is 0 Å². The van der Waals surface area contributed by atoms with Crippen LogP contribution in [0.4, 0.5) is 16.3 Å². The number of aromatic nitrogens is 2. The summed E-state index contributed by atoms with van der Waals surface area (Å²) in [6, 6.07) is 38.4. The number of hydrogen-bond acceptors (Lipinski definition) is 7. The number of carboxylic acids is 1. The lowest BCUT2D eigenvalue weighted by Crippen LogP contribution is -2.53. The highest BCUT2D eigenvalue weighted by atomic mass is 16.5. The van der Waals surface area contributed by atoms with Crippen LogP contribution in [0.3, 0.4) is 0 Å². The number of benzene rings is 4. The van der Waals surface area contributed by atoms with Crippen LogP contribution >= 0.6 is 0 Å². The Hall–Kier alpha value is -6.39. The number of carbonyl (C=O) groups is 3. The molecule has 6 rings (SSSR count). The average Bonchev–Trinajstić information content (AvgIpc) is 3.15. The summed E-state index contributed by atoms with van der Waals surface area (Å²) < 4.78 is 5.38.